The quantitative estimate of drug-likeness (QED) is 0.459. The number of anilines is 1. The zero-order valence-electron chi connectivity index (χ0n) is 14.0. The van der Waals surface area contributed by atoms with Crippen LogP contribution in [0.5, 0.6) is 11.5 Å². The van der Waals surface area contributed by atoms with Crippen molar-refractivity contribution in [3.05, 3.63) is 54.1 Å². The van der Waals surface area contributed by atoms with Gasteiger partial charge in [0.2, 0.25) is 11.8 Å². The summed E-state index contributed by atoms with van der Waals surface area (Å²) in [6, 6.07) is 14.1. The highest BCUT2D eigenvalue weighted by Crippen LogP contribution is 2.22. The first kappa shape index (κ1) is 18.0. The van der Waals surface area contributed by atoms with Crippen molar-refractivity contribution in [3.8, 4) is 11.5 Å². The molecule has 0 aliphatic heterocycles. The van der Waals surface area contributed by atoms with Gasteiger partial charge in [-0.1, -0.05) is 12.1 Å². The molecule has 2 aromatic rings. The van der Waals surface area contributed by atoms with Gasteiger partial charge in [-0.25, -0.2) is 5.43 Å². The van der Waals surface area contributed by atoms with Gasteiger partial charge in [0.1, 0.15) is 17.9 Å². The summed E-state index contributed by atoms with van der Waals surface area (Å²) in [4.78, 5) is 23.7. The van der Waals surface area contributed by atoms with Crippen LogP contribution >= 0.6 is 0 Å². The number of amides is 2. The van der Waals surface area contributed by atoms with Crippen molar-refractivity contribution in [3.63, 3.8) is 0 Å². The molecule has 130 valence electrons. The van der Waals surface area contributed by atoms with E-state index in [0.717, 1.165) is 11.3 Å². The third-order valence-electron chi connectivity index (χ3n) is 3.22. The largest absolute Gasteiger partial charge is 0.497 e. The average molecular weight is 341 g/mol. The van der Waals surface area contributed by atoms with E-state index in [0.29, 0.717) is 11.4 Å². The Hall–Kier alpha value is -3.35. The van der Waals surface area contributed by atoms with Crippen molar-refractivity contribution in [1.82, 2.24) is 5.43 Å². The number of carbonyl (C=O) groups is 2. The molecule has 0 fully saturated rings. The number of hydrogen-bond acceptors (Lipinski definition) is 5. The highest BCUT2D eigenvalue weighted by atomic mass is 16.5. The number of nitrogens with zero attached hydrogens (tertiary/aromatic N) is 1. The lowest BCUT2D eigenvalue weighted by atomic mass is 10.2. The summed E-state index contributed by atoms with van der Waals surface area (Å²) in [6.07, 6.45) is 1.13. The number of hydrazone groups is 1. The van der Waals surface area contributed by atoms with Gasteiger partial charge in [0.05, 0.1) is 26.1 Å². The zero-order chi connectivity index (χ0) is 18.1. The summed E-state index contributed by atoms with van der Waals surface area (Å²) in [5.74, 6) is 0.279. The fourth-order valence-corrected chi connectivity index (χ4v) is 2.00. The van der Waals surface area contributed by atoms with E-state index in [9.17, 15) is 9.59 Å². The van der Waals surface area contributed by atoms with Crippen LogP contribution in [-0.2, 0) is 9.59 Å². The number of ether oxygens (including phenoxy) is 2. The first-order valence-electron chi connectivity index (χ1n) is 7.51. The smallest absolute Gasteiger partial charge is 0.249 e. The Labute approximate surface area is 145 Å². The Kier molecular flexibility index (Phi) is 6.53. The Balaban J connectivity index is 1.82. The average Bonchev–Trinajstić information content (AvgIpc) is 2.62. The van der Waals surface area contributed by atoms with Gasteiger partial charge in [-0.2, -0.15) is 5.10 Å². The lowest BCUT2D eigenvalue weighted by Crippen LogP contribution is -2.24. The third-order valence-corrected chi connectivity index (χ3v) is 3.22. The summed E-state index contributed by atoms with van der Waals surface area (Å²) in [7, 11) is 3.09. The molecule has 0 heterocycles. The molecule has 2 rings (SSSR count). The van der Waals surface area contributed by atoms with Crippen LogP contribution in [0.4, 0.5) is 5.69 Å². The van der Waals surface area contributed by atoms with Crippen LogP contribution in [0, 0.1) is 0 Å². The molecule has 25 heavy (non-hydrogen) atoms. The summed E-state index contributed by atoms with van der Waals surface area (Å²) < 4.78 is 10.2. The number of nitrogens with one attached hydrogen (secondary N) is 2. The summed E-state index contributed by atoms with van der Waals surface area (Å²) in [5, 5.41) is 6.44. The Morgan fingerprint density at radius 2 is 1.72 bits per heavy atom. The predicted molar refractivity (Wildman–Crippen MR) is 95.0 cm³/mol. The van der Waals surface area contributed by atoms with E-state index in [1.165, 1.54) is 13.3 Å². The van der Waals surface area contributed by atoms with Crippen LogP contribution in [0.3, 0.4) is 0 Å². The van der Waals surface area contributed by atoms with E-state index in [4.69, 9.17) is 9.47 Å². The van der Waals surface area contributed by atoms with Crippen molar-refractivity contribution < 1.29 is 19.1 Å². The Morgan fingerprint density at radius 3 is 2.40 bits per heavy atom. The van der Waals surface area contributed by atoms with Crippen LogP contribution in [0.25, 0.3) is 0 Å². The van der Waals surface area contributed by atoms with E-state index >= 15 is 0 Å². The second-order valence-electron chi connectivity index (χ2n) is 4.99. The highest BCUT2D eigenvalue weighted by molar-refractivity contribution is 6.04. The molecule has 7 nitrogen and oxygen atoms in total. The van der Waals surface area contributed by atoms with Gasteiger partial charge >= 0.3 is 0 Å². The minimum atomic E-state index is -0.517. The first-order valence-corrected chi connectivity index (χ1v) is 7.51. The molecule has 2 N–H and O–H groups in total. The Morgan fingerprint density at radius 1 is 1.00 bits per heavy atom. The summed E-state index contributed by atoms with van der Waals surface area (Å²) in [6.45, 7) is 0. The maximum absolute atomic E-state index is 11.9. The normalized spacial score (nSPS) is 10.3. The van der Waals surface area contributed by atoms with Crippen molar-refractivity contribution in [2.24, 2.45) is 5.10 Å². The summed E-state index contributed by atoms with van der Waals surface area (Å²) >= 11 is 0. The van der Waals surface area contributed by atoms with E-state index in [1.807, 2.05) is 0 Å². The second kappa shape index (κ2) is 9.07. The van der Waals surface area contributed by atoms with Crippen LogP contribution in [0.1, 0.15) is 12.0 Å². The van der Waals surface area contributed by atoms with Crippen LogP contribution in [0.2, 0.25) is 0 Å². The molecule has 0 aliphatic carbocycles. The van der Waals surface area contributed by atoms with Gasteiger partial charge < -0.3 is 14.8 Å². The number of benzene rings is 2. The summed E-state index contributed by atoms with van der Waals surface area (Å²) in [5.41, 5.74) is 3.61. The molecule has 0 aliphatic rings. The maximum atomic E-state index is 11.9. The highest BCUT2D eigenvalue weighted by Gasteiger charge is 2.11. The number of rotatable bonds is 7. The molecule has 0 radical (unpaired) electrons. The maximum Gasteiger partial charge on any atom is 0.249 e. The number of para-hydroxylation sites is 2. The number of hydrogen-bond donors (Lipinski definition) is 2. The molecule has 0 saturated heterocycles. The van der Waals surface area contributed by atoms with Gasteiger partial charge in [-0.15, -0.1) is 0 Å². The van der Waals surface area contributed by atoms with Crippen molar-refractivity contribution in [2.75, 3.05) is 19.5 Å². The van der Waals surface area contributed by atoms with Gasteiger partial charge in [-0.3, -0.25) is 9.59 Å². The van der Waals surface area contributed by atoms with Gasteiger partial charge in [-0.05, 0) is 42.0 Å². The molecule has 0 aromatic heterocycles. The van der Waals surface area contributed by atoms with Crippen molar-refractivity contribution >= 4 is 23.7 Å². The standard InChI is InChI=1S/C18H19N3O4/c1-24-14-9-7-13(8-10-14)12-19-21-18(23)11-17(22)20-15-5-3-4-6-16(15)25-2/h3-10,12H,11H2,1-2H3,(H,20,22)(H,21,23). The van der Waals surface area contributed by atoms with Gasteiger partial charge in [0, 0.05) is 0 Å². The lowest BCUT2D eigenvalue weighted by molar-refractivity contribution is -0.126. The topological polar surface area (TPSA) is 89.0 Å². The van der Waals surface area contributed by atoms with Crippen molar-refractivity contribution in [1.29, 1.82) is 0 Å². The first-order chi connectivity index (χ1) is 12.1. The number of methoxy groups -OCH3 is 2. The van der Waals surface area contributed by atoms with Crippen molar-refractivity contribution in [2.45, 2.75) is 6.42 Å². The lowest BCUT2D eigenvalue weighted by Gasteiger charge is -2.09. The molecular weight excluding hydrogens is 322 g/mol. The van der Waals surface area contributed by atoms with E-state index < -0.39 is 11.8 Å². The third kappa shape index (κ3) is 5.65. The number of carbonyl (C=O) groups excluding carboxylic acids is 2. The fraction of sp³-hybridized carbons (Fsp3) is 0.167. The van der Waals surface area contributed by atoms with Crippen LogP contribution in [0.15, 0.2) is 53.6 Å². The van der Waals surface area contributed by atoms with Gasteiger partial charge in [0.15, 0.2) is 0 Å². The monoisotopic (exact) mass is 341 g/mol. The molecule has 0 saturated carbocycles. The molecule has 0 unspecified atom stereocenters. The van der Waals surface area contributed by atoms with Gasteiger partial charge in [0.25, 0.3) is 0 Å². The van der Waals surface area contributed by atoms with Crippen LogP contribution < -0.4 is 20.2 Å². The predicted octanol–water partition coefficient (Wildman–Crippen LogP) is 2.18. The van der Waals surface area contributed by atoms with Crippen LogP contribution in [-0.4, -0.2) is 32.2 Å². The van der Waals surface area contributed by atoms with E-state index in [1.54, 1.807) is 55.6 Å². The molecule has 2 amide bonds. The molecule has 7 heteroatoms. The molecule has 0 bridgehead atoms. The molecular formula is C18H19N3O4. The minimum absolute atomic E-state index is 0.349. The SMILES string of the molecule is COc1ccc(C=NNC(=O)CC(=O)Nc2ccccc2OC)cc1. The molecule has 0 atom stereocenters. The zero-order valence-corrected chi connectivity index (χ0v) is 14.0. The minimum Gasteiger partial charge on any atom is -0.497 e. The Bertz CT molecular complexity index is 757. The second-order valence-corrected chi connectivity index (χ2v) is 4.99. The van der Waals surface area contributed by atoms with E-state index in [2.05, 4.69) is 15.8 Å². The fourth-order valence-electron chi connectivity index (χ4n) is 2.00. The van der Waals surface area contributed by atoms with E-state index in [-0.39, 0.29) is 6.42 Å². The molecule has 2 aromatic carbocycles. The molecule has 0 spiro atoms.